The van der Waals surface area contributed by atoms with E-state index in [4.69, 9.17) is 18.0 Å². The standard InChI is InChI=1S/C21H19F4N3O2S/c1-11-4-5-12(8-15(11)21(23,24)25)27-18(30)20(2,3)28(19(27)31)13-6-7-14(16(22)9-13)17(29)10-26/h4-9H,10,26H2,1-3H3. The van der Waals surface area contributed by atoms with Crippen LogP contribution in [-0.4, -0.2) is 28.9 Å². The van der Waals surface area contributed by atoms with Gasteiger partial charge in [0.25, 0.3) is 5.91 Å². The van der Waals surface area contributed by atoms with E-state index in [0.29, 0.717) is 0 Å². The van der Waals surface area contributed by atoms with Crippen molar-refractivity contribution in [3.8, 4) is 0 Å². The number of nitrogens with zero attached hydrogens (tertiary/aromatic N) is 2. The molecule has 10 heteroatoms. The molecule has 1 fully saturated rings. The van der Waals surface area contributed by atoms with Gasteiger partial charge in [0, 0.05) is 5.69 Å². The lowest BCUT2D eigenvalue weighted by Crippen LogP contribution is -2.44. The van der Waals surface area contributed by atoms with Gasteiger partial charge >= 0.3 is 6.18 Å². The van der Waals surface area contributed by atoms with Gasteiger partial charge in [-0.25, -0.2) is 4.39 Å². The maximum absolute atomic E-state index is 14.5. The minimum absolute atomic E-state index is 0.00663. The molecule has 0 radical (unpaired) electrons. The topological polar surface area (TPSA) is 66.6 Å². The Kier molecular flexibility index (Phi) is 5.66. The SMILES string of the molecule is Cc1ccc(N2C(=O)C(C)(C)N(c3ccc(C(=O)CN)c(F)c3)C2=S)cc1C(F)(F)F. The van der Waals surface area contributed by atoms with Crippen molar-refractivity contribution < 1.29 is 27.2 Å². The number of halogens is 4. The Morgan fingerprint density at radius 3 is 2.29 bits per heavy atom. The van der Waals surface area contributed by atoms with Crippen molar-refractivity contribution >= 4 is 40.4 Å². The number of ketones is 1. The van der Waals surface area contributed by atoms with Crippen molar-refractivity contribution in [2.45, 2.75) is 32.5 Å². The van der Waals surface area contributed by atoms with E-state index in [1.165, 1.54) is 49.9 Å². The zero-order valence-electron chi connectivity index (χ0n) is 16.9. The van der Waals surface area contributed by atoms with Crippen LogP contribution in [0, 0.1) is 12.7 Å². The average molecular weight is 453 g/mol. The van der Waals surface area contributed by atoms with E-state index in [1.54, 1.807) is 0 Å². The number of thiocarbonyl (C=S) groups is 1. The maximum atomic E-state index is 14.5. The molecule has 0 aromatic heterocycles. The van der Waals surface area contributed by atoms with Gasteiger partial charge in [0.05, 0.1) is 23.4 Å². The number of carbonyl (C=O) groups is 2. The van der Waals surface area contributed by atoms with E-state index in [-0.39, 0.29) is 34.2 Å². The lowest BCUT2D eigenvalue weighted by molar-refractivity contribution is -0.138. The second kappa shape index (κ2) is 7.69. The molecule has 0 bridgehead atoms. The highest BCUT2D eigenvalue weighted by Gasteiger charge is 2.50. The van der Waals surface area contributed by atoms with Crippen LogP contribution in [-0.2, 0) is 11.0 Å². The number of Topliss-reactive ketones (excluding diaryl/α,β-unsaturated/α-hetero) is 1. The first kappa shape index (κ1) is 22.8. The molecule has 2 N–H and O–H groups in total. The summed E-state index contributed by atoms with van der Waals surface area (Å²) in [4.78, 5) is 27.2. The van der Waals surface area contributed by atoms with Crippen molar-refractivity contribution in [3.05, 3.63) is 58.9 Å². The van der Waals surface area contributed by atoms with Crippen LogP contribution in [0.3, 0.4) is 0 Å². The molecule has 0 spiro atoms. The lowest BCUT2D eigenvalue weighted by Gasteiger charge is -2.29. The van der Waals surface area contributed by atoms with Crippen molar-refractivity contribution in [1.29, 1.82) is 0 Å². The van der Waals surface area contributed by atoms with Crippen molar-refractivity contribution in [1.82, 2.24) is 0 Å². The molecule has 2 aromatic rings. The first-order valence-corrected chi connectivity index (χ1v) is 9.61. The molecular weight excluding hydrogens is 434 g/mol. The number of alkyl halides is 3. The summed E-state index contributed by atoms with van der Waals surface area (Å²) in [6, 6.07) is 7.19. The van der Waals surface area contributed by atoms with Gasteiger partial charge in [0.2, 0.25) is 0 Å². The summed E-state index contributed by atoms with van der Waals surface area (Å²) in [7, 11) is 0. The van der Waals surface area contributed by atoms with Crippen LogP contribution in [0.25, 0.3) is 0 Å². The lowest BCUT2D eigenvalue weighted by atomic mass is 10.0. The van der Waals surface area contributed by atoms with E-state index in [1.807, 2.05) is 0 Å². The third kappa shape index (κ3) is 3.81. The van der Waals surface area contributed by atoms with Crippen LogP contribution < -0.4 is 15.5 Å². The number of carbonyl (C=O) groups excluding carboxylic acids is 2. The van der Waals surface area contributed by atoms with Gasteiger partial charge in [0.1, 0.15) is 11.4 Å². The van der Waals surface area contributed by atoms with Gasteiger partial charge in [-0.2, -0.15) is 13.2 Å². The van der Waals surface area contributed by atoms with E-state index in [9.17, 15) is 27.2 Å². The number of anilines is 2. The monoisotopic (exact) mass is 453 g/mol. The summed E-state index contributed by atoms with van der Waals surface area (Å²) in [6.45, 7) is 4.00. The minimum atomic E-state index is -4.60. The summed E-state index contributed by atoms with van der Waals surface area (Å²) in [6.07, 6.45) is -4.60. The molecule has 0 saturated carbocycles. The molecule has 1 aliphatic rings. The molecule has 1 saturated heterocycles. The maximum Gasteiger partial charge on any atom is 0.416 e. The molecule has 0 unspecified atom stereocenters. The fraction of sp³-hybridized carbons (Fsp3) is 0.286. The predicted octanol–water partition coefficient (Wildman–Crippen LogP) is 4.21. The average Bonchev–Trinajstić information content (AvgIpc) is 2.85. The molecule has 1 heterocycles. The highest BCUT2D eigenvalue weighted by Crippen LogP contribution is 2.39. The first-order valence-electron chi connectivity index (χ1n) is 9.20. The summed E-state index contributed by atoms with van der Waals surface area (Å²) in [5.41, 5.74) is 3.02. The zero-order valence-corrected chi connectivity index (χ0v) is 17.7. The summed E-state index contributed by atoms with van der Waals surface area (Å²) < 4.78 is 54.6. The van der Waals surface area contributed by atoms with Crippen LogP contribution in [0.1, 0.15) is 35.3 Å². The Balaban J connectivity index is 2.08. The first-order chi connectivity index (χ1) is 14.3. The zero-order chi connectivity index (χ0) is 23.3. The van der Waals surface area contributed by atoms with Gasteiger partial charge in [-0.3, -0.25) is 14.5 Å². The normalized spacial score (nSPS) is 16.3. The molecule has 31 heavy (non-hydrogen) atoms. The van der Waals surface area contributed by atoms with Crippen molar-refractivity contribution in [3.63, 3.8) is 0 Å². The predicted molar refractivity (Wildman–Crippen MR) is 113 cm³/mol. The molecule has 164 valence electrons. The van der Waals surface area contributed by atoms with Crippen LogP contribution in [0.15, 0.2) is 36.4 Å². The van der Waals surface area contributed by atoms with Crippen LogP contribution in [0.4, 0.5) is 28.9 Å². The molecular formula is C21H19F4N3O2S. The van der Waals surface area contributed by atoms with Gasteiger partial charge in [-0.1, -0.05) is 6.07 Å². The highest BCUT2D eigenvalue weighted by atomic mass is 32.1. The number of aryl methyl sites for hydroxylation is 1. The third-order valence-electron chi connectivity index (χ3n) is 5.15. The Labute approximate surface area is 181 Å². The van der Waals surface area contributed by atoms with E-state index >= 15 is 0 Å². The molecule has 0 atom stereocenters. The minimum Gasteiger partial charge on any atom is -0.324 e. The molecule has 3 rings (SSSR count). The molecule has 0 aliphatic carbocycles. The Bertz CT molecular complexity index is 1100. The number of hydrogen-bond donors (Lipinski definition) is 1. The van der Waals surface area contributed by atoms with Crippen LogP contribution >= 0.6 is 12.2 Å². The number of hydrogen-bond acceptors (Lipinski definition) is 4. The number of rotatable bonds is 4. The quantitative estimate of drug-likeness (QED) is 0.427. The summed E-state index contributed by atoms with van der Waals surface area (Å²) in [5.74, 6) is -2.01. The summed E-state index contributed by atoms with van der Waals surface area (Å²) >= 11 is 5.41. The smallest absolute Gasteiger partial charge is 0.324 e. The van der Waals surface area contributed by atoms with Crippen molar-refractivity contribution in [2.24, 2.45) is 5.73 Å². The molecule has 1 aliphatic heterocycles. The number of nitrogens with two attached hydrogens (primary N) is 1. The highest BCUT2D eigenvalue weighted by molar-refractivity contribution is 7.81. The molecule has 1 amide bonds. The summed E-state index contributed by atoms with van der Waals surface area (Å²) in [5, 5.41) is -0.107. The van der Waals surface area contributed by atoms with Crippen molar-refractivity contribution in [2.75, 3.05) is 16.3 Å². The molecule has 2 aromatic carbocycles. The van der Waals surface area contributed by atoms with Gasteiger partial charge in [0.15, 0.2) is 10.9 Å². The molecule has 5 nitrogen and oxygen atoms in total. The fourth-order valence-corrected chi connectivity index (χ4v) is 4.01. The Morgan fingerprint density at radius 1 is 1.13 bits per heavy atom. The van der Waals surface area contributed by atoms with Gasteiger partial charge < -0.3 is 10.6 Å². The Morgan fingerprint density at radius 2 is 1.74 bits per heavy atom. The number of amides is 1. The third-order valence-corrected chi connectivity index (χ3v) is 5.51. The van der Waals surface area contributed by atoms with E-state index in [2.05, 4.69) is 0 Å². The second-order valence-corrected chi connectivity index (χ2v) is 7.97. The second-order valence-electron chi connectivity index (χ2n) is 7.61. The largest absolute Gasteiger partial charge is 0.416 e. The van der Waals surface area contributed by atoms with E-state index in [0.717, 1.165) is 17.0 Å². The van der Waals surface area contributed by atoms with Gasteiger partial charge in [-0.05, 0) is 68.9 Å². The Hall–Kier alpha value is -2.85. The van der Waals surface area contributed by atoms with Crippen LogP contribution in [0.5, 0.6) is 0 Å². The number of benzene rings is 2. The van der Waals surface area contributed by atoms with Gasteiger partial charge in [-0.15, -0.1) is 0 Å². The van der Waals surface area contributed by atoms with Crippen LogP contribution in [0.2, 0.25) is 0 Å². The fourth-order valence-electron chi connectivity index (χ4n) is 3.49. The van der Waals surface area contributed by atoms with E-state index < -0.39 is 34.8 Å².